The molecule has 0 atom stereocenters. The summed E-state index contributed by atoms with van der Waals surface area (Å²) in [5.74, 6) is -3.29. The van der Waals surface area contributed by atoms with E-state index in [9.17, 15) is 13.9 Å². The van der Waals surface area contributed by atoms with Crippen molar-refractivity contribution < 1.29 is 18.6 Å². The molecule has 0 aliphatic carbocycles. The Kier molecular flexibility index (Phi) is 1.65. The second kappa shape index (κ2) is 2.58. The summed E-state index contributed by atoms with van der Waals surface area (Å²) in [5.41, 5.74) is -0.388. The van der Waals surface area contributed by atoms with Gasteiger partial charge < -0.3 is 9.84 Å². The first-order chi connectivity index (χ1) is 6.11. The zero-order chi connectivity index (χ0) is 9.47. The number of phenolic OH excluding ortho intramolecular Hbond substituents is 1. The topological polar surface area (TPSA) is 29.5 Å². The number of hydrogen-bond acceptors (Lipinski definition) is 2. The maximum absolute atomic E-state index is 13.2. The average Bonchev–Trinajstić information content (AvgIpc) is 2.02. The summed E-state index contributed by atoms with van der Waals surface area (Å²) in [5, 5.41) is 9.23. The highest BCUT2D eigenvalue weighted by molar-refractivity contribution is 5.47. The van der Waals surface area contributed by atoms with E-state index in [1.54, 1.807) is 0 Å². The van der Waals surface area contributed by atoms with Gasteiger partial charge in [0.05, 0.1) is 13.0 Å². The Hall–Kier alpha value is -1.32. The molecule has 0 amide bonds. The molecule has 0 unspecified atom stereocenters. The van der Waals surface area contributed by atoms with Gasteiger partial charge in [-0.1, -0.05) is 6.07 Å². The molecule has 0 fully saturated rings. The van der Waals surface area contributed by atoms with E-state index in [2.05, 4.69) is 0 Å². The number of ether oxygens (including phenoxy) is 1. The van der Waals surface area contributed by atoms with Crippen LogP contribution in [-0.2, 0) is 5.92 Å². The summed E-state index contributed by atoms with van der Waals surface area (Å²) >= 11 is 0. The normalized spacial score (nSPS) is 18.9. The van der Waals surface area contributed by atoms with Crippen molar-refractivity contribution in [2.45, 2.75) is 12.3 Å². The maximum Gasteiger partial charge on any atom is 0.283 e. The van der Waals surface area contributed by atoms with E-state index in [1.807, 2.05) is 0 Å². The number of alkyl halides is 2. The number of fused-ring (bicyclic) bond motifs is 1. The molecule has 0 saturated carbocycles. The summed E-state index contributed by atoms with van der Waals surface area (Å²) in [6, 6.07) is 4.15. The second-order valence-corrected chi connectivity index (χ2v) is 2.95. The lowest BCUT2D eigenvalue weighted by atomic mass is 10.0. The van der Waals surface area contributed by atoms with Gasteiger partial charge in [-0.25, -0.2) is 8.78 Å². The lowest BCUT2D eigenvalue weighted by Gasteiger charge is -2.25. The first kappa shape index (κ1) is 8.29. The molecule has 0 spiro atoms. The lowest BCUT2D eigenvalue weighted by Crippen LogP contribution is -2.24. The number of rotatable bonds is 0. The van der Waals surface area contributed by atoms with E-state index < -0.39 is 11.7 Å². The van der Waals surface area contributed by atoms with Gasteiger partial charge in [0.25, 0.3) is 5.92 Å². The van der Waals surface area contributed by atoms with Gasteiger partial charge >= 0.3 is 0 Å². The van der Waals surface area contributed by atoms with Gasteiger partial charge in [-0.15, -0.1) is 0 Å². The minimum absolute atomic E-state index is 0.0105. The van der Waals surface area contributed by atoms with Crippen LogP contribution in [0.5, 0.6) is 11.5 Å². The van der Waals surface area contributed by atoms with Gasteiger partial charge in [-0.2, -0.15) is 0 Å². The molecule has 1 heterocycles. The Labute approximate surface area is 73.8 Å². The molecule has 2 nitrogen and oxygen atoms in total. The number of benzene rings is 1. The largest absolute Gasteiger partial charge is 0.507 e. The Morgan fingerprint density at radius 2 is 2.15 bits per heavy atom. The smallest absolute Gasteiger partial charge is 0.283 e. The van der Waals surface area contributed by atoms with Crippen molar-refractivity contribution in [2.24, 2.45) is 0 Å². The van der Waals surface area contributed by atoms with Crippen LogP contribution in [0.1, 0.15) is 12.0 Å². The predicted molar refractivity (Wildman–Crippen MR) is 42.1 cm³/mol. The lowest BCUT2D eigenvalue weighted by molar-refractivity contribution is -0.0423. The fourth-order valence-electron chi connectivity index (χ4n) is 1.42. The van der Waals surface area contributed by atoms with E-state index in [4.69, 9.17) is 4.74 Å². The fourth-order valence-corrected chi connectivity index (χ4v) is 1.42. The molecular formula is C9H8F2O2. The van der Waals surface area contributed by atoms with Gasteiger partial charge in [0.2, 0.25) is 0 Å². The van der Waals surface area contributed by atoms with Crippen molar-refractivity contribution in [2.75, 3.05) is 6.61 Å². The van der Waals surface area contributed by atoms with Crippen LogP contribution in [0.15, 0.2) is 18.2 Å². The van der Waals surface area contributed by atoms with Crippen molar-refractivity contribution in [1.82, 2.24) is 0 Å². The third-order valence-corrected chi connectivity index (χ3v) is 2.04. The molecule has 2 rings (SSSR count). The van der Waals surface area contributed by atoms with Crippen LogP contribution >= 0.6 is 0 Å². The molecule has 0 radical (unpaired) electrons. The van der Waals surface area contributed by atoms with E-state index >= 15 is 0 Å². The number of hydrogen-bond donors (Lipinski definition) is 1. The van der Waals surface area contributed by atoms with E-state index in [1.165, 1.54) is 18.2 Å². The average molecular weight is 186 g/mol. The molecule has 1 aromatic rings. The van der Waals surface area contributed by atoms with Crippen LogP contribution in [0.3, 0.4) is 0 Å². The van der Waals surface area contributed by atoms with Gasteiger partial charge in [0.15, 0.2) is 0 Å². The summed E-state index contributed by atoms with van der Waals surface area (Å²) in [7, 11) is 0. The van der Waals surface area contributed by atoms with Crippen molar-refractivity contribution in [3.05, 3.63) is 23.8 Å². The zero-order valence-electron chi connectivity index (χ0n) is 6.76. The van der Waals surface area contributed by atoms with Crippen LogP contribution in [0.4, 0.5) is 8.78 Å². The molecule has 1 aromatic carbocycles. The summed E-state index contributed by atoms with van der Waals surface area (Å²) in [6.45, 7) is -0.0105. The standard InChI is InChI=1S/C9H8F2O2/c10-9(11)4-5-13-7-3-1-2-6(12)8(7)9/h1-3,12H,4-5H2. The molecule has 0 aromatic heterocycles. The van der Waals surface area contributed by atoms with Gasteiger partial charge in [-0.3, -0.25) is 0 Å². The van der Waals surface area contributed by atoms with Crippen molar-refractivity contribution >= 4 is 0 Å². The quantitative estimate of drug-likeness (QED) is 0.673. The van der Waals surface area contributed by atoms with Crippen molar-refractivity contribution in [3.63, 3.8) is 0 Å². The molecule has 1 aliphatic heterocycles. The first-order valence-electron chi connectivity index (χ1n) is 3.94. The van der Waals surface area contributed by atoms with Crippen LogP contribution in [0.25, 0.3) is 0 Å². The Bertz CT molecular complexity index is 336. The SMILES string of the molecule is Oc1cccc2c1C(F)(F)CCO2. The fraction of sp³-hybridized carbons (Fsp3) is 0.333. The van der Waals surface area contributed by atoms with Crippen LogP contribution in [-0.4, -0.2) is 11.7 Å². The predicted octanol–water partition coefficient (Wildman–Crippen LogP) is 2.27. The molecule has 13 heavy (non-hydrogen) atoms. The summed E-state index contributed by atoms with van der Waals surface area (Å²) in [4.78, 5) is 0. The maximum atomic E-state index is 13.2. The molecule has 70 valence electrons. The highest BCUT2D eigenvalue weighted by Crippen LogP contribution is 2.45. The molecule has 0 saturated heterocycles. The first-order valence-corrected chi connectivity index (χ1v) is 3.94. The third-order valence-electron chi connectivity index (χ3n) is 2.04. The Morgan fingerprint density at radius 1 is 1.38 bits per heavy atom. The van der Waals surface area contributed by atoms with Crippen LogP contribution < -0.4 is 4.74 Å². The summed E-state index contributed by atoms with van der Waals surface area (Å²) in [6.07, 6.45) is -0.377. The minimum atomic E-state index is -2.97. The minimum Gasteiger partial charge on any atom is -0.507 e. The zero-order valence-corrected chi connectivity index (χ0v) is 6.76. The summed E-state index contributed by atoms with van der Waals surface area (Å²) < 4.78 is 31.4. The second-order valence-electron chi connectivity index (χ2n) is 2.95. The third kappa shape index (κ3) is 1.22. The molecule has 1 aliphatic rings. The number of phenols is 1. The molecule has 1 N–H and O–H groups in total. The number of halogens is 2. The van der Waals surface area contributed by atoms with Gasteiger partial charge in [-0.05, 0) is 12.1 Å². The van der Waals surface area contributed by atoms with Gasteiger partial charge in [0, 0.05) is 0 Å². The van der Waals surface area contributed by atoms with E-state index in [-0.39, 0.29) is 24.3 Å². The molecular weight excluding hydrogens is 178 g/mol. The molecule has 0 bridgehead atoms. The van der Waals surface area contributed by atoms with Crippen molar-refractivity contribution in [1.29, 1.82) is 0 Å². The van der Waals surface area contributed by atoms with E-state index in [0.717, 1.165) is 0 Å². The monoisotopic (exact) mass is 186 g/mol. The Morgan fingerprint density at radius 3 is 2.85 bits per heavy atom. The van der Waals surface area contributed by atoms with Crippen LogP contribution in [0.2, 0.25) is 0 Å². The highest BCUT2D eigenvalue weighted by Gasteiger charge is 2.40. The van der Waals surface area contributed by atoms with Gasteiger partial charge in [0.1, 0.15) is 17.1 Å². The Balaban J connectivity index is 2.61. The molecule has 4 heteroatoms. The van der Waals surface area contributed by atoms with E-state index in [0.29, 0.717) is 0 Å². The highest BCUT2D eigenvalue weighted by atomic mass is 19.3. The van der Waals surface area contributed by atoms with Crippen molar-refractivity contribution in [3.8, 4) is 11.5 Å². The number of aromatic hydroxyl groups is 1. The van der Waals surface area contributed by atoms with Crippen LogP contribution in [0, 0.1) is 0 Å².